The van der Waals surface area contributed by atoms with Crippen molar-refractivity contribution in [2.45, 2.75) is 38.3 Å². The first-order valence-electron chi connectivity index (χ1n) is 6.30. The largest absolute Gasteiger partial charge is 0.480 e. The van der Waals surface area contributed by atoms with Gasteiger partial charge in [-0.2, -0.15) is 0 Å². The zero-order valence-corrected chi connectivity index (χ0v) is 10.9. The van der Waals surface area contributed by atoms with E-state index < -0.39 is 12.0 Å². The number of amides is 1. The maximum atomic E-state index is 12.0. The van der Waals surface area contributed by atoms with Gasteiger partial charge in [-0.15, -0.1) is 0 Å². The van der Waals surface area contributed by atoms with Crippen molar-refractivity contribution in [3.63, 3.8) is 0 Å². The lowest BCUT2D eigenvalue weighted by molar-refractivity contribution is -0.143. The van der Waals surface area contributed by atoms with Gasteiger partial charge in [-0.3, -0.25) is 4.79 Å². The highest BCUT2D eigenvalue weighted by molar-refractivity contribution is 5.85. The van der Waals surface area contributed by atoms with Crippen LogP contribution in [-0.2, 0) is 14.3 Å². The first-order valence-corrected chi connectivity index (χ1v) is 6.30. The number of ether oxygens (including phenoxy) is 1. The van der Waals surface area contributed by atoms with E-state index in [9.17, 15) is 9.59 Å². The molecule has 104 valence electrons. The molecule has 1 saturated heterocycles. The number of carbonyl (C=O) groups excluding carboxylic acids is 1. The Hall–Kier alpha value is -1.14. The van der Waals surface area contributed by atoms with Gasteiger partial charge in [0.05, 0.1) is 0 Å². The van der Waals surface area contributed by atoms with E-state index in [2.05, 4.69) is 10.6 Å². The van der Waals surface area contributed by atoms with Gasteiger partial charge in [0, 0.05) is 32.1 Å². The number of methoxy groups -OCH3 is 1. The van der Waals surface area contributed by atoms with Gasteiger partial charge in [-0.1, -0.05) is 0 Å². The highest BCUT2D eigenvalue weighted by Gasteiger charge is 2.28. The monoisotopic (exact) mass is 258 g/mol. The van der Waals surface area contributed by atoms with Gasteiger partial charge in [-0.25, -0.2) is 4.79 Å². The standard InChI is InChI=1S/C12H22N2O4/c1-8-7-9(3-5-13-8)11(15)14-10(12(16)17)4-6-18-2/h8-10,13H,3-7H2,1-2H3,(H,14,15)(H,16,17). The molecule has 1 amide bonds. The smallest absolute Gasteiger partial charge is 0.326 e. The molecule has 3 atom stereocenters. The summed E-state index contributed by atoms with van der Waals surface area (Å²) in [4.78, 5) is 23.0. The van der Waals surface area contributed by atoms with Crippen LogP contribution in [0, 0.1) is 5.92 Å². The summed E-state index contributed by atoms with van der Waals surface area (Å²) in [6, 6.07) is -0.556. The number of carbonyl (C=O) groups is 2. The van der Waals surface area contributed by atoms with Crippen molar-refractivity contribution < 1.29 is 19.4 Å². The van der Waals surface area contributed by atoms with Crippen molar-refractivity contribution in [1.29, 1.82) is 0 Å². The number of aliphatic carboxylic acids is 1. The Balaban J connectivity index is 2.46. The molecule has 0 aromatic carbocycles. The summed E-state index contributed by atoms with van der Waals surface area (Å²) < 4.78 is 4.84. The van der Waals surface area contributed by atoms with Gasteiger partial charge in [-0.05, 0) is 26.3 Å². The minimum atomic E-state index is -1.01. The Labute approximate surface area is 107 Å². The van der Waals surface area contributed by atoms with Crippen LogP contribution in [0.4, 0.5) is 0 Å². The first kappa shape index (κ1) is 14.9. The molecule has 6 heteroatoms. The van der Waals surface area contributed by atoms with E-state index in [0.29, 0.717) is 12.6 Å². The first-order chi connectivity index (χ1) is 8.54. The minimum absolute atomic E-state index is 0.0920. The fourth-order valence-corrected chi connectivity index (χ4v) is 2.15. The number of nitrogens with one attached hydrogen (secondary N) is 2. The van der Waals surface area contributed by atoms with Gasteiger partial charge in [0.25, 0.3) is 0 Å². The van der Waals surface area contributed by atoms with Crippen LogP contribution in [-0.4, -0.2) is 49.3 Å². The zero-order chi connectivity index (χ0) is 13.5. The SMILES string of the molecule is COCCC(NC(=O)C1CCNC(C)C1)C(=O)O. The Bertz CT molecular complexity index is 296. The van der Waals surface area contributed by atoms with E-state index in [1.165, 1.54) is 7.11 Å². The molecule has 0 saturated carbocycles. The van der Waals surface area contributed by atoms with Crippen molar-refractivity contribution in [3.05, 3.63) is 0 Å². The van der Waals surface area contributed by atoms with E-state index >= 15 is 0 Å². The van der Waals surface area contributed by atoms with Gasteiger partial charge in [0.2, 0.25) is 5.91 Å². The third-order valence-corrected chi connectivity index (χ3v) is 3.22. The molecule has 0 aromatic rings. The van der Waals surface area contributed by atoms with Crippen LogP contribution >= 0.6 is 0 Å². The molecular weight excluding hydrogens is 236 g/mol. The Morgan fingerprint density at radius 1 is 1.56 bits per heavy atom. The molecule has 6 nitrogen and oxygen atoms in total. The molecule has 0 bridgehead atoms. The molecule has 0 aromatic heterocycles. The maximum Gasteiger partial charge on any atom is 0.326 e. The number of rotatable bonds is 6. The lowest BCUT2D eigenvalue weighted by Gasteiger charge is -2.28. The molecule has 1 fully saturated rings. The molecule has 1 heterocycles. The third-order valence-electron chi connectivity index (χ3n) is 3.22. The summed E-state index contributed by atoms with van der Waals surface area (Å²) in [5.74, 6) is -1.26. The van der Waals surface area contributed by atoms with Gasteiger partial charge in [0.15, 0.2) is 0 Å². The topological polar surface area (TPSA) is 87.7 Å². The summed E-state index contributed by atoms with van der Waals surface area (Å²) in [6.07, 6.45) is 1.80. The second kappa shape index (κ2) is 7.33. The van der Waals surface area contributed by atoms with Crippen molar-refractivity contribution >= 4 is 11.9 Å². The van der Waals surface area contributed by atoms with Crippen LogP contribution in [0.15, 0.2) is 0 Å². The van der Waals surface area contributed by atoms with Crippen LogP contribution in [0.25, 0.3) is 0 Å². The molecule has 0 radical (unpaired) electrons. The molecule has 18 heavy (non-hydrogen) atoms. The average molecular weight is 258 g/mol. The minimum Gasteiger partial charge on any atom is -0.480 e. The number of carboxylic acids is 1. The molecule has 1 aliphatic rings. The lowest BCUT2D eigenvalue weighted by Crippen LogP contribution is -2.48. The summed E-state index contributed by atoms with van der Waals surface area (Å²) in [5, 5.41) is 14.9. The van der Waals surface area contributed by atoms with Gasteiger partial charge in [0.1, 0.15) is 6.04 Å². The fourth-order valence-electron chi connectivity index (χ4n) is 2.15. The number of carboxylic acid groups (broad SMARTS) is 1. The predicted octanol–water partition coefficient (Wildman–Crippen LogP) is -0.0196. The molecule has 3 unspecified atom stereocenters. The normalized spacial score (nSPS) is 25.4. The molecule has 1 aliphatic heterocycles. The number of hydrogen-bond donors (Lipinski definition) is 3. The summed E-state index contributed by atoms with van der Waals surface area (Å²) in [7, 11) is 1.51. The van der Waals surface area contributed by atoms with Crippen LogP contribution in [0.1, 0.15) is 26.2 Å². The van der Waals surface area contributed by atoms with Gasteiger partial charge >= 0.3 is 5.97 Å². The highest BCUT2D eigenvalue weighted by Crippen LogP contribution is 2.16. The highest BCUT2D eigenvalue weighted by atomic mass is 16.5. The van der Waals surface area contributed by atoms with E-state index in [4.69, 9.17) is 9.84 Å². The lowest BCUT2D eigenvalue weighted by atomic mass is 9.92. The predicted molar refractivity (Wildman–Crippen MR) is 66.2 cm³/mol. The van der Waals surface area contributed by atoms with Crippen molar-refractivity contribution in [2.24, 2.45) is 5.92 Å². The average Bonchev–Trinajstić information content (AvgIpc) is 2.33. The maximum absolute atomic E-state index is 12.0. The molecular formula is C12H22N2O4. The fraction of sp³-hybridized carbons (Fsp3) is 0.833. The summed E-state index contributed by atoms with van der Waals surface area (Å²) in [5.41, 5.74) is 0. The molecule has 0 spiro atoms. The number of piperidine rings is 1. The van der Waals surface area contributed by atoms with E-state index in [1.54, 1.807) is 0 Å². The van der Waals surface area contributed by atoms with Crippen LogP contribution in [0.2, 0.25) is 0 Å². The van der Waals surface area contributed by atoms with Crippen molar-refractivity contribution in [2.75, 3.05) is 20.3 Å². The third kappa shape index (κ3) is 4.62. The summed E-state index contributed by atoms with van der Waals surface area (Å²) >= 11 is 0. The Morgan fingerprint density at radius 3 is 2.83 bits per heavy atom. The van der Waals surface area contributed by atoms with E-state index in [0.717, 1.165) is 19.4 Å². The van der Waals surface area contributed by atoms with Crippen LogP contribution in [0.5, 0.6) is 0 Å². The molecule has 3 N–H and O–H groups in total. The van der Waals surface area contributed by atoms with Crippen molar-refractivity contribution in [3.8, 4) is 0 Å². The summed E-state index contributed by atoms with van der Waals surface area (Å²) in [6.45, 7) is 3.15. The quantitative estimate of drug-likeness (QED) is 0.623. The number of hydrogen-bond acceptors (Lipinski definition) is 4. The second-order valence-electron chi connectivity index (χ2n) is 4.76. The van der Waals surface area contributed by atoms with Gasteiger partial charge < -0.3 is 20.5 Å². The Morgan fingerprint density at radius 2 is 2.28 bits per heavy atom. The molecule has 1 rings (SSSR count). The zero-order valence-electron chi connectivity index (χ0n) is 10.9. The van der Waals surface area contributed by atoms with Crippen LogP contribution in [0.3, 0.4) is 0 Å². The second-order valence-corrected chi connectivity index (χ2v) is 4.76. The van der Waals surface area contributed by atoms with Crippen LogP contribution < -0.4 is 10.6 Å². The van der Waals surface area contributed by atoms with Crippen molar-refractivity contribution in [1.82, 2.24) is 10.6 Å². The van der Waals surface area contributed by atoms with E-state index in [-0.39, 0.29) is 18.2 Å². The molecule has 0 aliphatic carbocycles. The Kier molecular flexibility index (Phi) is 6.07. The van der Waals surface area contributed by atoms with E-state index in [1.807, 2.05) is 6.92 Å².